The highest BCUT2D eigenvalue weighted by atomic mass is 32.1. The summed E-state index contributed by atoms with van der Waals surface area (Å²) in [5, 5.41) is 3.16. The zero-order valence-electron chi connectivity index (χ0n) is 18.9. The van der Waals surface area contributed by atoms with E-state index in [1.165, 1.54) is 0 Å². The van der Waals surface area contributed by atoms with Crippen molar-refractivity contribution >= 4 is 17.2 Å². The van der Waals surface area contributed by atoms with Gasteiger partial charge in [-0.15, -0.1) is 11.3 Å². The third kappa shape index (κ3) is 5.19. The molecule has 0 radical (unpaired) electrons. The molecule has 6 heteroatoms. The number of methoxy groups -OCH3 is 1. The molecule has 0 saturated carbocycles. The normalized spacial score (nSPS) is 14.7. The number of benzene rings is 2. The largest absolute Gasteiger partial charge is 0.496 e. The Morgan fingerprint density at radius 1 is 1.12 bits per heavy atom. The third-order valence-electron chi connectivity index (χ3n) is 6.05. The fourth-order valence-corrected chi connectivity index (χ4v) is 5.25. The van der Waals surface area contributed by atoms with Gasteiger partial charge < -0.3 is 9.64 Å². The number of ether oxygens (including phenoxy) is 1. The Balaban J connectivity index is 1.40. The van der Waals surface area contributed by atoms with Crippen molar-refractivity contribution in [2.45, 2.75) is 38.8 Å². The van der Waals surface area contributed by atoms with Crippen molar-refractivity contribution in [3.63, 3.8) is 0 Å². The average molecular weight is 450 g/mol. The van der Waals surface area contributed by atoms with Gasteiger partial charge in [-0.2, -0.15) is 0 Å². The van der Waals surface area contributed by atoms with E-state index in [4.69, 9.17) is 9.72 Å². The first-order chi connectivity index (χ1) is 15.7. The molecule has 0 unspecified atom stereocenters. The molecule has 1 aliphatic rings. The van der Waals surface area contributed by atoms with E-state index >= 15 is 0 Å². The number of carbonyl (C=O) groups excluding carboxylic acids is 1. The fraction of sp³-hybridized carbons (Fsp3) is 0.385. The number of thiazole rings is 1. The minimum Gasteiger partial charge on any atom is -0.496 e. The fourth-order valence-electron chi connectivity index (χ4n) is 4.41. The van der Waals surface area contributed by atoms with Crippen LogP contribution < -0.4 is 4.74 Å². The molecule has 2 heterocycles. The van der Waals surface area contributed by atoms with Gasteiger partial charge in [0, 0.05) is 36.6 Å². The second kappa shape index (κ2) is 10.7. The van der Waals surface area contributed by atoms with E-state index in [-0.39, 0.29) is 5.91 Å². The Morgan fingerprint density at radius 3 is 2.56 bits per heavy atom. The standard InChI is InChI=1S/C26H31N3O2S/c1-3-15-29(18-21-19-32-25(27-21)23-11-7-8-12-24(23)31-2)22-13-16-28(17-14-22)26(30)20-9-5-4-6-10-20/h4-12,19,22H,3,13-18H2,1-2H3. The summed E-state index contributed by atoms with van der Waals surface area (Å²) in [6.07, 6.45) is 3.11. The van der Waals surface area contributed by atoms with E-state index in [9.17, 15) is 4.79 Å². The summed E-state index contributed by atoms with van der Waals surface area (Å²) in [7, 11) is 1.70. The van der Waals surface area contributed by atoms with E-state index in [0.717, 1.165) is 73.0 Å². The number of likely N-dealkylation sites (tertiary alicyclic amines) is 1. The van der Waals surface area contributed by atoms with Crippen LogP contribution in [0.25, 0.3) is 10.6 Å². The molecular weight excluding hydrogens is 418 g/mol. The van der Waals surface area contributed by atoms with Crippen LogP contribution in [0.2, 0.25) is 0 Å². The van der Waals surface area contributed by atoms with Gasteiger partial charge in [-0.25, -0.2) is 4.98 Å². The molecule has 32 heavy (non-hydrogen) atoms. The number of nitrogens with zero attached hydrogens (tertiary/aromatic N) is 3. The van der Waals surface area contributed by atoms with Crippen LogP contribution in [0.1, 0.15) is 42.2 Å². The number of carbonyl (C=O) groups is 1. The van der Waals surface area contributed by atoms with Gasteiger partial charge >= 0.3 is 0 Å². The van der Waals surface area contributed by atoms with E-state index in [1.54, 1.807) is 18.4 Å². The molecule has 4 rings (SSSR count). The minimum atomic E-state index is 0.145. The number of para-hydroxylation sites is 1. The molecule has 168 valence electrons. The van der Waals surface area contributed by atoms with Gasteiger partial charge in [0.2, 0.25) is 0 Å². The third-order valence-corrected chi connectivity index (χ3v) is 6.98. The van der Waals surface area contributed by atoms with Crippen LogP contribution in [0, 0.1) is 0 Å². The van der Waals surface area contributed by atoms with Crippen LogP contribution >= 0.6 is 11.3 Å². The zero-order valence-corrected chi connectivity index (χ0v) is 19.7. The van der Waals surface area contributed by atoms with Gasteiger partial charge in [-0.05, 0) is 50.1 Å². The van der Waals surface area contributed by atoms with Crippen molar-refractivity contribution in [2.24, 2.45) is 0 Å². The smallest absolute Gasteiger partial charge is 0.253 e. The maximum absolute atomic E-state index is 12.8. The minimum absolute atomic E-state index is 0.145. The predicted octanol–water partition coefficient (Wildman–Crippen LogP) is 5.34. The van der Waals surface area contributed by atoms with Crippen molar-refractivity contribution < 1.29 is 9.53 Å². The van der Waals surface area contributed by atoms with Gasteiger partial charge in [-0.3, -0.25) is 9.69 Å². The van der Waals surface area contributed by atoms with Crippen LogP contribution in [0.4, 0.5) is 0 Å². The lowest BCUT2D eigenvalue weighted by Crippen LogP contribution is -2.46. The number of hydrogen-bond acceptors (Lipinski definition) is 5. The molecule has 1 aromatic heterocycles. The number of rotatable bonds is 8. The molecular formula is C26H31N3O2S. The molecule has 0 atom stereocenters. The maximum atomic E-state index is 12.8. The summed E-state index contributed by atoms with van der Waals surface area (Å²) in [5.41, 5.74) is 2.93. The Labute approximate surface area is 194 Å². The lowest BCUT2D eigenvalue weighted by molar-refractivity contribution is 0.0605. The van der Waals surface area contributed by atoms with Gasteiger partial charge in [0.15, 0.2) is 0 Å². The second-order valence-electron chi connectivity index (χ2n) is 8.20. The molecule has 1 saturated heterocycles. The molecule has 2 aromatic carbocycles. The van der Waals surface area contributed by atoms with Crippen LogP contribution in [-0.4, -0.2) is 53.5 Å². The summed E-state index contributed by atoms with van der Waals surface area (Å²) < 4.78 is 5.51. The molecule has 5 nitrogen and oxygen atoms in total. The number of amides is 1. The molecule has 1 fully saturated rings. The average Bonchev–Trinajstić information content (AvgIpc) is 3.32. The van der Waals surface area contributed by atoms with E-state index in [0.29, 0.717) is 6.04 Å². The molecule has 1 aliphatic heterocycles. The van der Waals surface area contributed by atoms with E-state index in [2.05, 4.69) is 23.3 Å². The number of piperidine rings is 1. The van der Waals surface area contributed by atoms with E-state index in [1.807, 2.05) is 53.4 Å². The molecule has 0 aliphatic carbocycles. The van der Waals surface area contributed by atoms with E-state index < -0.39 is 0 Å². The van der Waals surface area contributed by atoms with Crippen LogP contribution in [0.15, 0.2) is 60.0 Å². The Bertz CT molecular complexity index is 1010. The topological polar surface area (TPSA) is 45.7 Å². The van der Waals surface area contributed by atoms with Crippen molar-refractivity contribution in [1.29, 1.82) is 0 Å². The maximum Gasteiger partial charge on any atom is 0.253 e. The van der Waals surface area contributed by atoms with Gasteiger partial charge in [0.05, 0.1) is 18.4 Å². The zero-order chi connectivity index (χ0) is 22.3. The first kappa shape index (κ1) is 22.5. The van der Waals surface area contributed by atoms with Gasteiger partial charge in [-0.1, -0.05) is 37.3 Å². The highest BCUT2D eigenvalue weighted by Crippen LogP contribution is 2.32. The van der Waals surface area contributed by atoms with Crippen molar-refractivity contribution in [2.75, 3.05) is 26.7 Å². The summed E-state index contributed by atoms with van der Waals surface area (Å²) >= 11 is 1.67. The predicted molar refractivity (Wildman–Crippen MR) is 130 cm³/mol. The molecule has 3 aromatic rings. The van der Waals surface area contributed by atoms with Crippen LogP contribution in [0.3, 0.4) is 0 Å². The van der Waals surface area contributed by atoms with Gasteiger partial charge in [0.25, 0.3) is 5.91 Å². The Kier molecular flexibility index (Phi) is 7.55. The molecule has 0 N–H and O–H groups in total. The monoisotopic (exact) mass is 449 g/mol. The van der Waals surface area contributed by atoms with Crippen LogP contribution in [0.5, 0.6) is 5.75 Å². The summed E-state index contributed by atoms with van der Waals surface area (Å²) in [4.78, 5) is 22.2. The summed E-state index contributed by atoms with van der Waals surface area (Å²) in [5.74, 6) is 1.00. The second-order valence-corrected chi connectivity index (χ2v) is 9.06. The highest BCUT2D eigenvalue weighted by Gasteiger charge is 2.27. The SMILES string of the molecule is CCCN(Cc1csc(-c2ccccc2OC)n1)C1CCN(C(=O)c2ccccc2)CC1. The quantitative estimate of drug-likeness (QED) is 0.466. The lowest BCUT2D eigenvalue weighted by atomic mass is 10.0. The first-order valence-corrected chi connectivity index (χ1v) is 12.2. The van der Waals surface area contributed by atoms with Crippen molar-refractivity contribution in [1.82, 2.24) is 14.8 Å². The van der Waals surface area contributed by atoms with Gasteiger partial charge in [0.1, 0.15) is 10.8 Å². The number of hydrogen-bond donors (Lipinski definition) is 0. The highest BCUT2D eigenvalue weighted by molar-refractivity contribution is 7.13. The summed E-state index contributed by atoms with van der Waals surface area (Å²) in [6.45, 7) is 5.72. The molecule has 0 spiro atoms. The van der Waals surface area contributed by atoms with Crippen molar-refractivity contribution in [3.8, 4) is 16.3 Å². The molecule has 0 bridgehead atoms. The Morgan fingerprint density at radius 2 is 1.84 bits per heavy atom. The number of aromatic nitrogens is 1. The van der Waals surface area contributed by atoms with Crippen molar-refractivity contribution in [3.05, 3.63) is 71.2 Å². The van der Waals surface area contributed by atoms with Crippen LogP contribution in [-0.2, 0) is 6.54 Å². The molecule has 1 amide bonds. The lowest BCUT2D eigenvalue weighted by Gasteiger charge is -2.38. The first-order valence-electron chi connectivity index (χ1n) is 11.4. The summed E-state index contributed by atoms with van der Waals surface area (Å²) in [6, 6.07) is 18.1. The Hall–Kier alpha value is -2.70.